The van der Waals surface area contributed by atoms with Gasteiger partial charge in [0.2, 0.25) is 0 Å². The Labute approximate surface area is 128 Å². The molecule has 1 amide bonds. The summed E-state index contributed by atoms with van der Waals surface area (Å²) in [5.41, 5.74) is 6.75. The zero-order valence-corrected chi connectivity index (χ0v) is 12.8. The molecule has 0 aliphatic carbocycles. The molecular weight excluding hydrogens is 284 g/mol. The molecule has 2 rings (SSSR count). The number of nitrogens with one attached hydrogen (secondary N) is 2. The van der Waals surface area contributed by atoms with Gasteiger partial charge in [-0.2, -0.15) is 0 Å². The van der Waals surface area contributed by atoms with Crippen LogP contribution < -0.4 is 11.1 Å². The Hall–Kier alpha value is -2.57. The van der Waals surface area contributed by atoms with Gasteiger partial charge >= 0.3 is 5.97 Å². The first-order valence-corrected chi connectivity index (χ1v) is 7.14. The van der Waals surface area contributed by atoms with Crippen molar-refractivity contribution in [1.29, 1.82) is 0 Å². The molecule has 2 aromatic rings. The number of pyridine rings is 1. The van der Waals surface area contributed by atoms with E-state index >= 15 is 0 Å². The number of amides is 1. The maximum Gasteiger partial charge on any atom is 0.328 e. The molecule has 0 aromatic carbocycles. The number of primary amides is 1. The van der Waals surface area contributed by atoms with Gasteiger partial charge in [0.1, 0.15) is 11.7 Å². The molecule has 118 valence electrons. The van der Waals surface area contributed by atoms with Gasteiger partial charge in [0, 0.05) is 17.8 Å². The largest absolute Gasteiger partial charge is 0.464 e. The molecule has 22 heavy (non-hydrogen) atoms. The van der Waals surface area contributed by atoms with Crippen molar-refractivity contribution in [3.05, 3.63) is 24.0 Å². The van der Waals surface area contributed by atoms with Crippen molar-refractivity contribution in [2.24, 2.45) is 11.7 Å². The van der Waals surface area contributed by atoms with Crippen molar-refractivity contribution in [1.82, 2.24) is 9.97 Å². The number of hydrogen-bond acceptors (Lipinski definition) is 5. The van der Waals surface area contributed by atoms with Gasteiger partial charge in [0.05, 0.1) is 17.9 Å². The first-order chi connectivity index (χ1) is 10.5. The Kier molecular flexibility index (Phi) is 4.65. The maximum atomic E-state index is 12.1. The molecule has 0 spiro atoms. The van der Waals surface area contributed by atoms with E-state index in [9.17, 15) is 9.59 Å². The van der Waals surface area contributed by atoms with Crippen LogP contribution in [-0.2, 0) is 9.53 Å². The highest BCUT2D eigenvalue weighted by molar-refractivity contribution is 6.06. The molecule has 0 radical (unpaired) electrons. The summed E-state index contributed by atoms with van der Waals surface area (Å²) in [6.45, 7) is 5.84. The number of hydrogen-bond donors (Lipinski definition) is 3. The highest BCUT2D eigenvalue weighted by Gasteiger charge is 2.26. The number of carbonyl (C=O) groups is 2. The second-order valence-corrected chi connectivity index (χ2v) is 5.27. The molecule has 2 heterocycles. The molecule has 0 saturated heterocycles. The number of anilines is 1. The van der Waals surface area contributed by atoms with Gasteiger partial charge in [-0.25, -0.2) is 9.78 Å². The number of H-pyrrole nitrogens is 1. The Morgan fingerprint density at radius 3 is 2.77 bits per heavy atom. The molecule has 4 N–H and O–H groups in total. The third-order valence-electron chi connectivity index (χ3n) is 3.36. The summed E-state index contributed by atoms with van der Waals surface area (Å²) in [6.07, 6.45) is 3.11. The number of aromatic amines is 1. The molecule has 0 saturated carbocycles. The number of carbonyl (C=O) groups excluding carboxylic acids is 2. The number of nitrogens with two attached hydrogens (primary N) is 1. The molecule has 7 heteroatoms. The fourth-order valence-corrected chi connectivity index (χ4v) is 2.24. The van der Waals surface area contributed by atoms with Crippen LogP contribution in [0.25, 0.3) is 11.0 Å². The first kappa shape index (κ1) is 15.8. The maximum absolute atomic E-state index is 12.1. The van der Waals surface area contributed by atoms with Crippen LogP contribution in [0.4, 0.5) is 5.69 Å². The summed E-state index contributed by atoms with van der Waals surface area (Å²) in [5, 5.41) is 3.81. The lowest BCUT2D eigenvalue weighted by Crippen LogP contribution is -2.37. The van der Waals surface area contributed by atoms with Crippen LogP contribution in [0, 0.1) is 5.92 Å². The molecule has 0 aliphatic heterocycles. The molecule has 7 nitrogen and oxygen atoms in total. The highest BCUT2D eigenvalue weighted by Crippen LogP contribution is 2.27. The highest BCUT2D eigenvalue weighted by atomic mass is 16.5. The van der Waals surface area contributed by atoms with Crippen LogP contribution in [0.5, 0.6) is 0 Å². The van der Waals surface area contributed by atoms with E-state index in [4.69, 9.17) is 10.5 Å². The lowest BCUT2D eigenvalue weighted by atomic mass is 10.0. The number of aromatic nitrogens is 2. The topological polar surface area (TPSA) is 110 Å². The van der Waals surface area contributed by atoms with E-state index in [1.54, 1.807) is 19.2 Å². The Morgan fingerprint density at radius 1 is 1.45 bits per heavy atom. The van der Waals surface area contributed by atoms with Gasteiger partial charge in [-0.05, 0) is 18.9 Å². The van der Waals surface area contributed by atoms with Crippen molar-refractivity contribution < 1.29 is 14.3 Å². The van der Waals surface area contributed by atoms with Crippen LogP contribution in [0.15, 0.2) is 18.5 Å². The van der Waals surface area contributed by atoms with E-state index in [0.717, 1.165) is 0 Å². The summed E-state index contributed by atoms with van der Waals surface area (Å²) in [7, 11) is 0. The molecule has 1 atom stereocenters. The van der Waals surface area contributed by atoms with Gasteiger partial charge in [-0.15, -0.1) is 0 Å². The van der Waals surface area contributed by atoms with Crippen LogP contribution in [0.2, 0.25) is 0 Å². The van der Waals surface area contributed by atoms with Gasteiger partial charge in [0.15, 0.2) is 0 Å². The predicted molar refractivity (Wildman–Crippen MR) is 83.5 cm³/mol. The third kappa shape index (κ3) is 3.03. The normalized spacial score (nSPS) is 12.4. The number of fused-ring (bicyclic) bond motifs is 1. The number of rotatable bonds is 6. The average Bonchev–Trinajstić information content (AvgIpc) is 2.92. The van der Waals surface area contributed by atoms with E-state index in [1.165, 1.54) is 6.20 Å². The summed E-state index contributed by atoms with van der Waals surface area (Å²) in [4.78, 5) is 30.9. The quantitative estimate of drug-likeness (QED) is 0.703. The van der Waals surface area contributed by atoms with Gasteiger partial charge in [-0.3, -0.25) is 4.79 Å². The minimum Gasteiger partial charge on any atom is -0.464 e. The summed E-state index contributed by atoms with van der Waals surface area (Å²) in [5.74, 6) is -1.00. The van der Waals surface area contributed by atoms with Crippen LogP contribution in [-0.4, -0.2) is 34.5 Å². The van der Waals surface area contributed by atoms with Crippen molar-refractivity contribution in [3.8, 4) is 0 Å². The van der Waals surface area contributed by atoms with Crippen molar-refractivity contribution >= 4 is 28.6 Å². The second kappa shape index (κ2) is 6.46. The minimum atomic E-state index is -0.607. The Morgan fingerprint density at radius 2 is 2.18 bits per heavy atom. The average molecular weight is 304 g/mol. The monoisotopic (exact) mass is 304 g/mol. The van der Waals surface area contributed by atoms with E-state index in [-0.39, 0.29) is 17.5 Å². The number of ether oxygens (including phenoxy) is 1. The SMILES string of the molecule is CCOC(=O)[C@@H](Nc1c(C(N)=O)cnc2[nH]ccc12)C(C)C. The second-order valence-electron chi connectivity index (χ2n) is 5.27. The van der Waals surface area contributed by atoms with Crippen LogP contribution in [0.1, 0.15) is 31.1 Å². The van der Waals surface area contributed by atoms with Crippen molar-refractivity contribution in [2.75, 3.05) is 11.9 Å². The predicted octanol–water partition coefficient (Wildman–Crippen LogP) is 1.66. The molecule has 0 aliphatic rings. The van der Waals surface area contributed by atoms with Crippen molar-refractivity contribution in [2.45, 2.75) is 26.8 Å². The van der Waals surface area contributed by atoms with E-state index in [2.05, 4.69) is 15.3 Å². The molecule has 2 aromatic heterocycles. The van der Waals surface area contributed by atoms with E-state index < -0.39 is 11.9 Å². The number of esters is 1. The van der Waals surface area contributed by atoms with Crippen molar-refractivity contribution in [3.63, 3.8) is 0 Å². The zero-order valence-electron chi connectivity index (χ0n) is 12.8. The fourth-order valence-electron chi connectivity index (χ4n) is 2.24. The van der Waals surface area contributed by atoms with Gasteiger partial charge in [-0.1, -0.05) is 13.8 Å². The molecule has 0 fully saturated rings. The van der Waals surface area contributed by atoms with Gasteiger partial charge in [0.25, 0.3) is 5.91 Å². The van der Waals surface area contributed by atoms with E-state index in [1.807, 2.05) is 13.8 Å². The van der Waals surface area contributed by atoms with Crippen LogP contribution in [0.3, 0.4) is 0 Å². The zero-order chi connectivity index (χ0) is 16.3. The lowest BCUT2D eigenvalue weighted by molar-refractivity contribution is -0.145. The minimum absolute atomic E-state index is 0.0260. The van der Waals surface area contributed by atoms with Crippen LogP contribution >= 0.6 is 0 Å². The summed E-state index contributed by atoms with van der Waals surface area (Å²) in [6, 6.07) is 1.19. The Bertz CT molecular complexity index is 693. The molecule has 0 unspecified atom stereocenters. The lowest BCUT2D eigenvalue weighted by Gasteiger charge is -2.23. The first-order valence-electron chi connectivity index (χ1n) is 7.14. The van der Waals surface area contributed by atoms with E-state index in [0.29, 0.717) is 23.3 Å². The van der Waals surface area contributed by atoms with Gasteiger partial charge < -0.3 is 20.8 Å². The standard InChI is InChI=1S/C15H20N4O3/c1-4-22-15(21)11(8(2)3)19-12-9-5-6-17-14(9)18-7-10(12)13(16)20/h5-8,11H,4H2,1-3H3,(H2,16,20)(H2,17,18,19)/t11-/m0/s1. The summed E-state index contributed by atoms with van der Waals surface area (Å²) >= 11 is 0. The molecule has 0 bridgehead atoms. The number of nitrogens with zero attached hydrogens (tertiary/aromatic N) is 1. The fraction of sp³-hybridized carbons (Fsp3) is 0.400. The smallest absolute Gasteiger partial charge is 0.328 e. The summed E-state index contributed by atoms with van der Waals surface area (Å²) < 4.78 is 5.09. The molecular formula is C15H20N4O3. The third-order valence-corrected chi connectivity index (χ3v) is 3.36. The Balaban J connectivity index is 2.47.